The number of piperidine rings is 1. The zero-order chi connectivity index (χ0) is 23.2. The van der Waals surface area contributed by atoms with E-state index in [2.05, 4.69) is 30.1 Å². The van der Waals surface area contributed by atoms with E-state index in [1.807, 2.05) is 73.7 Å². The van der Waals surface area contributed by atoms with Crippen molar-refractivity contribution in [1.29, 1.82) is 0 Å². The first-order valence-corrected chi connectivity index (χ1v) is 11.5. The normalized spacial score (nSPS) is 14.8. The Morgan fingerprint density at radius 3 is 2.33 bits per heavy atom. The van der Waals surface area contributed by atoms with Gasteiger partial charge < -0.3 is 19.7 Å². The number of hydrogen-bond donors (Lipinski definition) is 1. The lowest BCUT2D eigenvalue weighted by Gasteiger charge is -2.34. The quantitative estimate of drug-likeness (QED) is 0.480. The van der Waals surface area contributed by atoms with E-state index in [1.54, 1.807) is 0 Å². The van der Waals surface area contributed by atoms with Crippen LogP contribution in [0.15, 0.2) is 66.7 Å². The molecule has 5 nitrogen and oxygen atoms in total. The number of anilines is 1. The summed E-state index contributed by atoms with van der Waals surface area (Å²) in [5.41, 5.74) is 2.26. The molecular formula is C28H31N2O3. The maximum Gasteiger partial charge on any atom is 0.255 e. The second kappa shape index (κ2) is 10.5. The monoisotopic (exact) mass is 443 g/mol. The Morgan fingerprint density at radius 1 is 1.00 bits per heavy atom. The highest BCUT2D eigenvalue weighted by atomic mass is 16.5. The number of ether oxygens (including phenoxy) is 2. The third-order valence-corrected chi connectivity index (χ3v) is 5.97. The Balaban J connectivity index is 1.32. The lowest BCUT2D eigenvalue weighted by atomic mass is 10.1. The highest BCUT2D eigenvalue weighted by Crippen LogP contribution is 2.27. The molecule has 1 amide bonds. The summed E-state index contributed by atoms with van der Waals surface area (Å²) in [4.78, 5) is 15.2. The van der Waals surface area contributed by atoms with Crippen molar-refractivity contribution in [2.24, 2.45) is 0 Å². The molecule has 1 heterocycles. The molecule has 3 aromatic carbocycles. The number of aryl methyl sites for hydroxylation is 1. The molecule has 0 spiro atoms. The molecule has 4 rings (SSSR count). The standard InChI is InChI=1S/C28H31N2O3/c1-20(2)30-17-15-26(16-18-30)32-25-12-9-22(10-13-25)28(31)29-23-11-14-27(21(3)19-23)33-24-7-5-4-6-8-24/h5-14,19-20,26H,15-18H2,1-3H3,(H,29,31). The molecular weight excluding hydrogens is 412 g/mol. The molecule has 0 unspecified atom stereocenters. The number of nitrogens with one attached hydrogen (secondary N) is 1. The van der Waals surface area contributed by atoms with Crippen molar-refractivity contribution >= 4 is 11.6 Å². The van der Waals surface area contributed by atoms with Gasteiger partial charge >= 0.3 is 0 Å². The van der Waals surface area contributed by atoms with Gasteiger partial charge in [0.15, 0.2) is 0 Å². The van der Waals surface area contributed by atoms with Gasteiger partial charge in [-0.1, -0.05) is 12.1 Å². The average molecular weight is 444 g/mol. The summed E-state index contributed by atoms with van der Waals surface area (Å²) in [6.07, 6.45) is 2.29. The lowest BCUT2D eigenvalue weighted by molar-refractivity contribution is 0.0843. The predicted octanol–water partition coefficient (Wildman–Crippen LogP) is 6.09. The van der Waals surface area contributed by atoms with Crippen LogP contribution in [0, 0.1) is 13.0 Å². The number of hydrogen-bond acceptors (Lipinski definition) is 4. The third-order valence-electron chi connectivity index (χ3n) is 5.97. The van der Waals surface area contributed by atoms with Crippen molar-refractivity contribution in [3.63, 3.8) is 0 Å². The van der Waals surface area contributed by atoms with Crippen LogP contribution in [-0.2, 0) is 0 Å². The highest BCUT2D eigenvalue weighted by Gasteiger charge is 2.22. The Bertz CT molecular complexity index is 1060. The summed E-state index contributed by atoms with van der Waals surface area (Å²) < 4.78 is 12.0. The van der Waals surface area contributed by atoms with Crippen LogP contribution in [0.25, 0.3) is 0 Å². The van der Waals surface area contributed by atoms with Gasteiger partial charge in [-0.15, -0.1) is 0 Å². The number of benzene rings is 3. The fourth-order valence-corrected chi connectivity index (χ4v) is 4.00. The molecule has 1 radical (unpaired) electrons. The second-order valence-corrected chi connectivity index (χ2v) is 8.74. The summed E-state index contributed by atoms with van der Waals surface area (Å²) in [5, 5.41) is 2.96. The van der Waals surface area contributed by atoms with E-state index in [9.17, 15) is 4.79 Å². The first kappa shape index (κ1) is 22.9. The topological polar surface area (TPSA) is 50.8 Å². The second-order valence-electron chi connectivity index (χ2n) is 8.74. The molecule has 33 heavy (non-hydrogen) atoms. The molecule has 171 valence electrons. The van der Waals surface area contributed by atoms with Gasteiger partial charge in [-0.25, -0.2) is 0 Å². The Kier molecular flexibility index (Phi) is 7.30. The number of likely N-dealkylation sites (tertiary alicyclic amines) is 1. The molecule has 0 bridgehead atoms. The largest absolute Gasteiger partial charge is 0.490 e. The maximum atomic E-state index is 12.7. The van der Waals surface area contributed by atoms with Crippen LogP contribution < -0.4 is 14.8 Å². The van der Waals surface area contributed by atoms with Crippen LogP contribution in [0.1, 0.15) is 42.6 Å². The van der Waals surface area contributed by atoms with Crippen LogP contribution >= 0.6 is 0 Å². The molecule has 0 saturated carbocycles. The van der Waals surface area contributed by atoms with E-state index in [1.165, 1.54) is 0 Å². The average Bonchev–Trinajstić information content (AvgIpc) is 2.82. The van der Waals surface area contributed by atoms with E-state index in [0.717, 1.165) is 54.4 Å². The zero-order valence-corrected chi connectivity index (χ0v) is 19.5. The number of rotatable bonds is 7. The Labute approximate surface area is 196 Å². The fourth-order valence-electron chi connectivity index (χ4n) is 4.00. The van der Waals surface area contributed by atoms with Gasteiger partial charge in [0.1, 0.15) is 23.4 Å². The molecule has 1 N–H and O–H groups in total. The SMILES string of the molecule is Cc1cc(NC(=O)c2ccc(OC3CCN(C(C)C)CC3)cc2)ccc1Oc1cc[c]cc1. The zero-order valence-electron chi connectivity index (χ0n) is 19.5. The maximum absolute atomic E-state index is 12.7. The molecule has 0 aliphatic carbocycles. The van der Waals surface area contributed by atoms with E-state index in [-0.39, 0.29) is 12.0 Å². The summed E-state index contributed by atoms with van der Waals surface area (Å²) >= 11 is 0. The van der Waals surface area contributed by atoms with Crippen molar-refractivity contribution in [3.8, 4) is 17.2 Å². The molecule has 1 fully saturated rings. The van der Waals surface area contributed by atoms with Crippen LogP contribution in [0.3, 0.4) is 0 Å². The van der Waals surface area contributed by atoms with Crippen molar-refractivity contribution < 1.29 is 14.3 Å². The Hall–Kier alpha value is -3.31. The predicted molar refractivity (Wildman–Crippen MR) is 131 cm³/mol. The molecule has 1 aliphatic heterocycles. The van der Waals surface area contributed by atoms with Crippen LogP contribution in [0.4, 0.5) is 5.69 Å². The first-order chi connectivity index (χ1) is 16.0. The van der Waals surface area contributed by atoms with Gasteiger partial charge in [-0.05, 0) is 99.8 Å². The van der Waals surface area contributed by atoms with Crippen LogP contribution in [0.2, 0.25) is 0 Å². The van der Waals surface area contributed by atoms with Crippen LogP contribution in [0.5, 0.6) is 17.2 Å². The molecule has 5 heteroatoms. The fraction of sp³-hybridized carbons (Fsp3) is 0.321. The molecule has 1 saturated heterocycles. The van der Waals surface area contributed by atoms with Gasteiger partial charge in [-0.2, -0.15) is 0 Å². The summed E-state index contributed by atoms with van der Waals surface area (Å²) in [6.45, 7) is 8.56. The number of carbonyl (C=O) groups excluding carboxylic acids is 1. The van der Waals surface area contributed by atoms with Crippen molar-refractivity contribution in [1.82, 2.24) is 4.90 Å². The van der Waals surface area contributed by atoms with Gasteiger partial charge in [0, 0.05) is 30.4 Å². The van der Waals surface area contributed by atoms with Gasteiger partial charge in [-0.3, -0.25) is 4.79 Å². The van der Waals surface area contributed by atoms with Crippen molar-refractivity contribution in [2.75, 3.05) is 18.4 Å². The van der Waals surface area contributed by atoms with E-state index in [0.29, 0.717) is 11.6 Å². The van der Waals surface area contributed by atoms with Gasteiger partial charge in [0.05, 0.1) is 0 Å². The van der Waals surface area contributed by atoms with Crippen molar-refractivity contribution in [3.05, 3.63) is 83.9 Å². The lowest BCUT2D eigenvalue weighted by Crippen LogP contribution is -2.41. The minimum atomic E-state index is -0.154. The smallest absolute Gasteiger partial charge is 0.255 e. The van der Waals surface area contributed by atoms with Crippen molar-refractivity contribution in [2.45, 2.75) is 45.8 Å². The third kappa shape index (κ3) is 6.14. The van der Waals surface area contributed by atoms with Gasteiger partial charge in [0.25, 0.3) is 5.91 Å². The molecule has 3 aromatic rings. The highest BCUT2D eigenvalue weighted by molar-refractivity contribution is 6.04. The first-order valence-electron chi connectivity index (χ1n) is 11.5. The summed E-state index contributed by atoms with van der Waals surface area (Å²) in [5.74, 6) is 2.16. The minimum Gasteiger partial charge on any atom is -0.490 e. The number of nitrogens with zero attached hydrogens (tertiary/aromatic N) is 1. The Morgan fingerprint density at radius 2 is 1.70 bits per heavy atom. The summed E-state index contributed by atoms with van der Waals surface area (Å²) in [6, 6.07) is 23.9. The minimum absolute atomic E-state index is 0.154. The number of amides is 1. The van der Waals surface area contributed by atoms with Crippen LogP contribution in [-0.4, -0.2) is 36.0 Å². The molecule has 0 aromatic heterocycles. The van der Waals surface area contributed by atoms with Gasteiger partial charge in [0.2, 0.25) is 0 Å². The number of carbonyl (C=O) groups is 1. The summed E-state index contributed by atoms with van der Waals surface area (Å²) in [7, 11) is 0. The molecule has 1 aliphatic rings. The molecule has 0 atom stereocenters. The van der Waals surface area contributed by atoms with E-state index >= 15 is 0 Å². The van der Waals surface area contributed by atoms with E-state index < -0.39 is 0 Å². The van der Waals surface area contributed by atoms with E-state index in [4.69, 9.17) is 9.47 Å².